The fraction of sp³-hybridized carbons (Fsp3) is 0.462. The summed E-state index contributed by atoms with van der Waals surface area (Å²) in [7, 11) is 0. The lowest BCUT2D eigenvalue weighted by Gasteiger charge is -2.07. The van der Waals surface area contributed by atoms with Crippen molar-refractivity contribution in [2.45, 2.75) is 18.0 Å². The molecule has 0 bridgehead atoms. The van der Waals surface area contributed by atoms with Crippen molar-refractivity contribution in [2.75, 3.05) is 13.2 Å². The molecule has 1 aromatic carbocycles. The average Bonchev–Trinajstić information content (AvgIpc) is 2.94. The Hall–Kier alpha value is -1.00. The fourth-order valence-corrected chi connectivity index (χ4v) is 1.99. The lowest BCUT2D eigenvalue weighted by atomic mass is 10.3. The van der Waals surface area contributed by atoms with Crippen LogP contribution in [0.3, 0.4) is 0 Å². The minimum Gasteiger partial charge on any atom is -0.490 e. The van der Waals surface area contributed by atoms with Crippen LogP contribution in [0.1, 0.15) is 12.8 Å². The van der Waals surface area contributed by atoms with Gasteiger partial charge in [0.1, 0.15) is 19.0 Å². The van der Waals surface area contributed by atoms with Crippen molar-refractivity contribution in [1.29, 1.82) is 0 Å². The summed E-state index contributed by atoms with van der Waals surface area (Å²) in [5.74, 6) is -0.227. The van der Waals surface area contributed by atoms with Crippen LogP contribution < -0.4 is 4.74 Å². The number of halogens is 3. The van der Waals surface area contributed by atoms with E-state index in [0.29, 0.717) is 10.8 Å². The molecule has 1 aliphatic rings. The molecule has 0 spiro atoms. The molecule has 6 heteroatoms. The lowest BCUT2D eigenvalue weighted by molar-refractivity contribution is -0.144. The molecule has 0 saturated heterocycles. The van der Waals surface area contributed by atoms with Crippen LogP contribution in [-0.2, 0) is 9.53 Å². The van der Waals surface area contributed by atoms with E-state index in [2.05, 4.69) is 0 Å². The van der Waals surface area contributed by atoms with Gasteiger partial charge in [0.2, 0.25) is 0 Å². The van der Waals surface area contributed by atoms with Gasteiger partial charge in [-0.15, -0.1) is 0 Å². The highest BCUT2D eigenvalue weighted by Crippen LogP contribution is 2.52. The number of rotatable bonds is 6. The summed E-state index contributed by atoms with van der Waals surface area (Å²) >= 11 is 11.1. The third kappa shape index (κ3) is 4.55. The van der Waals surface area contributed by atoms with Crippen molar-refractivity contribution in [3.63, 3.8) is 0 Å². The zero-order valence-electron chi connectivity index (χ0n) is 10.1. The molecule has 0 aliphatic heterocycles. The molecule has 1 aliphatic carbocycles. The first-order chi connectivity index (χ1) is 8.97. The Morgan fingerprint density at radius 2 is 2.00 bits per heavy atom. The van der Waals surface area contributed by atoms with Gasteiger partial charge in [0.15, 0.2) is 5.13 Å². The van der Waals surface area contributed by atoms with E-state index in [0.717, 1.165) is 0 Å². The number of ether oxygens (including phenoxy) is 2. The number of alkyl halides is 2. The van der Waals surface area contributed by atoms with Crippen LogP contribution in [0, 0.1) is 5.92 Å². The molecule has 104 valence electrons. The van der Waals surface area contributed by atoms with E-state index in [-0.39, 0.29) is 26.1 Å². The maximum absolute atomic E-state index is 13.0. The Bertz CT molecular complexity index is 448. The Morgan fingerprint density at radius 1 is 1.37 bits per heavy atom. The van der Waals surface area contributed by atoms with Crippen LogP contribution in [0.15, 0.2) is 24.3 Å². The number of benzene rings is 1. The van der Waals surface area contributed by atoms with Crippen LogP contribution in [0.4, 0.5) is 4.39 Å². The molecule has 3 nitrogen and oxygen atoms in total. The minimum absolute atomic E-state index is 0.0148. The molecule has 2 unspecified atom stereocenters. The maximum Gasteiger partial charge on any atom is 0.306 e. The SMILES string of the molecule is O=C(CC1CC1(F)Cl)OCCOc1ccc(Cl)cc1. The molecule has 2 atom stereocenters. The van der Waals surface area contributed by atoms with Crippen LogP contribution >= 0.6 is 23.2 Å². The fourth-order valence-electron chi connectivity index (χ4n) is 1.60. The summed E-state index contributed by atoms with van der Waals surface area (Å²) in [6.45, 7) is 0.357. The average molecular weight is 307 g/mol. The van der Waals surface area contributed by atoms with Crippen molar-refractivity contribution in [2.24, 2.45) is 5.92 Å². The Morgan fingerprint density at radius 3 is 2.58 bits per heavy atom. The van der Waals surface area contributed by atoms with Crippen LogP contribution in [-0.4, -0.2) is 24.3 Å². The van der Waals surface area contributed by atoms with Crippen LogP contribution in [0.25, 0.3) is 0 Å². The van der Waals surface area contributed by atoms with Gasteiger partial charge < -0.3 is 9.47 Å². The first-order valence-electron chi connectivity index (χ1n) is 5.89. The van der Waals surface area contributed by atoms with Gasteiger partial charge >= 0.3 is 5.97 Å². The summed E-state index contributed by atoms with van der Waals surface area (Å²) < 4.78 is 23.2. The van der Waals surface area contributed by atoms with E-state index in [1.54, 1.807) is 24.3 Å². The topological polar surface area (TPSA) is 35.5 Å². The normalized spacial score (nSPS) is 24.9. The minimum atomic E-state index is -1.71. The molecular weight excluding hydrogens is 294 g/mol. The molecular formula is C13H13Cl2FO3. The highest BCUT2D eigenvalue weighted by atomic mass is 35.5. The van der Waals surface area contributed by atoms with Gasteiger partial charge in [0, 0.05) is 17.4 Å². The molecule has 0 aromatic heterocycles. The monoisotopic (exact) mass is 306 g/mol. The number of hydrogen-bond donors (Lipinski definition) is 0. The molecule has 1 aromatic rings. The number of carbonyl (C=O) groups is 1. The van der Waals surface area contributed by atoms with Crippen LogP contribution in [0.5, 0.6) is 5.75 Å². The van der Waals surface area contributed by atoms with Crippen molar-refractivity contribution in [3.05, 3.63) is 29.3 Å². The zero-order valence-corrected chi connectivity index (χ0v) is 11.6. The predicted molar refractivity (Wildman–Crippen MR) is 70.3 cm³/mol. The second kappa shape index (κ2) is 5.97. The highest BCUT2D eigenvalue weighted by molar-refractivity contribution is 6.30. The van der Waals surface area contributed by atoms with Gasteiger partial charge in [-0.05, 0) is 24.3 Å². The summed E-state index contributed by atoms with van der Waals surface area (Å²) in [5.41, 5.74) is 0. The van der Waals surface area contributed by atoms with Gasteiger partial charge in [-0.1, -0.05) is 23.2 Å². The molecule has 0 radical (unpaired) electrons. The molecule has 0 amide bonds. The Kier molecular flexibility index (Phi) is 4.53. The molecule has 0 N–H and O–H groups in total. The largest absolute Gasteiger partial charge is 0.490 e. The van der Waals surface area contributed by atoms with Gasteiger partial charge in [-0.3, -0.25) is 4.79 Å². The molecule has 0 heterocycles. The lowest BCUT2D eigenvalue weighted by Crippen LogP contribution is -2.13. The van der Waals surface area contributed by atoms with Gasteiger partial charge in [-0.2, -0.15) is 0 Å². The van der Waals surface area contributed by atoms with Gasteiger partial charge in [0.05, 0.1) is 6.42 Å². The second-order valence-electron chi connectivity index (χ2n) is 4.39. The summed E-state index contributed by atoms with van der Waals surface area (Å²) in [4.78, 5) is 11.3. The number of esters is 1. The van der Waals surface area contributed by atoms with E-state index < -0.39 is 17.0 Å². The smallest absolute Gasteiger partial charge is 0.306 e. The summed E-state index contributed by atoms with van der Waals surface area (Å²) in [6, 6.07) is 6.85. The first kappa shape index (κ1) is 14.4. The standard InChI is InChI=1S/C13H13Cl2FO3/c14-10-1-3-11(4-2-10)18-5-6-19-12(17)7-9-8-13(9,15)16/h1-4,9H,5-8H2. The van der Waals surface area contributed by atoms with E-state index in [4.69, 9.17) is 32.7 Å². The van der Waals surface area contributed by atoms with Crippen LogP contribution in [0.2, 0.25) is 5.02 Å². The Balaban J connectivity index is 1.59. The second-order valence-corrected chi connectivity index (χ2v) is 5.45. The van der Waals surface area contributed by atoms with Crippen molar-refractivity contribution < 1.29 is 18.7 Å². The zero-order chi connectivity index (χ0) is 13.9. The molecule has 1 saturated carbocycles. The van der Waals surface area contributed by atoms with E-state index in [1.165, 1.54) is 0 Å². The third-order valence-electron chi connectivity index (χ3n) is 2.80. The number of carbonyl (C=O) groups excluding carboxylic acids is 1. The first-order valence-corrected chi connectivity index (χ1v) is 6.65. The molecule has 19 heavy (non-hydrogen) atoms. The molecule has 2 rings (SSSR count). The Labute approximate surface area is 120 Å². The predicted octanol–water partition coefficient (Wildman–Crippen LogP) is 3.58. The maximum atomic E-state index is 13.0. The van der Waals surface area contributed by atoms with Crippen molar-refractivity contribution >= 4 is 29.2 Å². The van der Waals surface area contributed by atoms with Crippen molar-refractivity contribution in [3.8, 4) is 5.75 Å². The van der Waals surface area contributed by atoms with E-state index in [9.17, 15) is 9.18 Å². The molecule has 1 fully saturated rings. The quantitative estimate of drug-likeness (QED) is 0.458. The van der Waals surface area contributed by atoms with E-state index >= 15 is 0 Å². The number of hydrogen-bond acceptors (Lipinski definition) is 3. The van der Waals surface area contributed by atoms with Gasteiger partial charge in [0.25, 0.3) is 0 Å². The third-order valence-corrected chi connectivity index (χ3v) is 3.51. The highest BCUT2D eigenvalue weighted by Gasteiger charge is 2.55. The van der Waals surface area contributed by atoms with Gasteiger partial charge in [-0.25, -0.2) is 4.39 Å². The summed E-state index contributed by atoms with van der Waals surface area (Å²) in [5, 5.41) is -1.09. The van der Waals surface area contributed by atoms with E-state index in [1.807, 2.05) is 0 Å². The van der Waals surface area contributed by atoms with Crippen molar-refractivity contribution in [1.82, 2.24) is 0 Å². The summed E-state index contributed by atoms with van der Waals surface area (Å²) in [6.07, 6.45) is 0.228.